The van der Waals surface area contributed by atoms with E-state index in [1.54, 1.807) is 37.3 Å². The Hall–Kier alpha value is -2.97. The summed E-state index contributed by atoms with van der Waals surface area (Å²) in [6.07, 6.45) is 1.41. The number of nitrogens with zero attached hydrogens (tertiary/aromatic N) is 1. The quantitative estimate of drug-likeness (QED) is 0.292. The highest BCUT2D eigenvalue weighted by molar-refractivity contribution is 6.37. The highest BCUT2D eigenvalue weighted by Gasteiger charge is 2.14. The zero-order valence-corrected chi connectivity index (χ0v) is 19.6. The Kier molecular flexibility index (Phi) is 7.82. The molecule has 7 heteroatoms. The minimum atomic E-state index is -0.565. The second-order valence-electron chi connectivity index (χ2n) is 7.13. The molecular formula is C25H19Cl3N2O2. The van der Waals surface area contributed by atoms with E-state index < -0.39 is 5.91 Å². The minimum Gasteiger partial charge on any atom is -0.486 e. The van der Waals surface area contributed by atoms with Gasteiger partial charge < -0.3 is 10.1 Å². The van der Waals surface area contributed by atoms with Crippen molar-refractivity contribution in [1.29, 1.82) is 5.26 Å². The van der Waals surface area contributed by atoms with E-state index in [4.69, 9.17) is 39.5 Å². The van der Waals surface area contributed by atoms with Crippen molar-refractivity contribution in [2.45, 2.75) is 20.5 Å². The van der Waals surface area contributed by atoms with Crippen LogP contribution in [0.5, 0.6) is 5.75 Å². The molecule has 0 unspecified atom stereocenters. The van der Waals surface area contributed by atoms with Crippen LogP contribution in [0.2, 0.25) is 15.1 Å². The number of carbonyl (C=O) groups excluding carboxylic acids is 1. The van der Waals surface area contributed by atoms with Crippen LogP contribution in [-0.4, -0.2) is 5.91 Å². The lowest BCUT2D eigenvalue weighted by Gasteiger charge is -2.12. The standard InChI is InChI=1S/C25H19Cl3N2O2/c1-15-5-3-6-17(9-15)14-32-24-21(27)11-18(12-22(24)28)10-19(13-29)25(31)30-23-8-4-7-20(26)16(23)2/h3-12H,14H2,1-2H3,(H,30,31)/b19-10-. The maximum absolute atomic E-state index is 12.6. The van der Waals surface area contributed by atoms with Gasteiger partial charge in [0, 0.05) is 10.7 Å². The van der Waals surface area contributed by atoms with Gasteiger partial charge in [-0.05, 0) is 60.9 Å². The van der Waals surface area contributed by atoms with Crippen molar-refractivity contribution >= 4 is 52.5 Å². The average molecular weight is 486 g/mol. The molecule has 162 valence electrons. The Morgan fingerprint density at radius 1 is 1.03 bits per heavy atom. The van der Waals surface area contributed by atoms with Gasteiger partial charge >= 0.3 is 0 Å². The summed E-state index contributed by atoms with van der Waals surface area (Å²) in [6, 6.07) is 18.2. The molecule has 1 amide bonds. The van der Waals surface area contributed by atoms with Crippen molar-refractivity contribution in [3.8, 4) is 11.8 Å². The second-order valence-corrected chi connectivity index (χ2v) is 8.35. The maximum Gasteiger partial charge on any atom is 0.266 e. The van der Waals surface area contributed by atoms with Gasteiger partial charge in [0.15, 0.2) is 5.75 Å². The minimum absolute atomic E-state index is 0.107. The zero-order valence-electron chi connectivity index (χ0n) is 17.4. The van der Waals surface area contributed by atoms with Crippen LogP contribution in [0.15, 0.2) is 60.2 Å². The highest BCUT2D eigenvalue weighted by atomic mass is 35.5. The van der Waals surface area contributed by atoms with Crippen LogP contribution in [0.4, 0.5) is 5.69 Å². The predicted molar refractivity (Wildman–Crippen MR) is 130 cm³/mol. The molecule has 3 aromatic carbocycles. The fourth-order valence-corrected chi connectivity index (χ4v) is 3.79. The van der Waals surface area contributed by atoms with Gasteiger partial charge in [0.05, 0.1) is 10.0 Å². The van der Waals surface area contributed by atoms with Crippen LogP contribution in [-0.2, 0) is 11.4 Å². The molecule has 32 heavy (non-hydrogen) atoms. The van der Waals surface area contributed by atoms with Crippen LogP contribution >= 0.6 is 34.8 Å². The van der Waals surface area contributed by atoms with Gasteiger partial charge in [-0.1, -0.05) is 70.7 Å². The van der Waals surface area contributed by atoms with Gasteiger partial charge in [-0.15, -0.1) is 0 Å². The monoisotopic (exact) mass is 484 g/mol. The molecule has 0 aliphatic rings. The lowest BCUT2D eigenvalue weighted by molar-refractivity contribution is -0.112. The molecular weight excluding hydrogens is 467 g/mol. The third-order valence-corrected chi connectivity index (χ3v) is 5.65. The number of halogens is 3. The Balaban J connectivity index is 1.79. The molecule has 3 aromatic rings. The molecule has 0 heterocycles. The number of rotatable bonds is 6. The molecule has 0 aliphatic heterocycles. The molecule has 0 bridgehead atoms. The van der Waals surface area contributed by atoms with E-state index in [0.717, 1.165) is 11.1 Å². The third-order valence-electron chi connectivity index (χ3n) is 4.68. The number of benzene rings is 3. The van der Waals surface area contributed by atoms with E-state index in [9.17, 15) is 10.1 Å². The molecule has 3 rings (SSSR count). The summed E-state index contributed by atoms with van der Waals surface area (Å²) in [5, 5.41) is 13.3. The summed E-state index contributed by atoms with van der Waals surface area (Å²) >= 11 is 18.8. The van der Waals surface area contributed by atoms with E-state index in [-0.39, 0.29) is 15.6 Å². The van der Waals surface area contributed by atoms with Crippen molar-refractivity contribution in [2.24, 2.45) is 0 Å². The van der Waals surface area contributed by atoms with Gasteiger partial charge in [-0.25, -0.2) is 0 Å². The van der Waals surface area contributed by atoms with E-state index in [2.05, 4.69) is 5.32 Å². The summed E-state index contributed by atoms with van der Waals surface area (Å²) in [4.78, 5) is 12.6. The van der Waals surface area contributed by atoms with Crippen LogP contribution in [0.1, 0.15) is 22.3 Å². The smallest absolute Gasteiger partial charge is 0.266 e. The third kappa shape index (κ3) is 5.83. The number of hydrogen-bond acceptors (Lipinski definition) is 3. The van der Waals surface area contributed by atoms with Crippen molar-refractivity contribution in [3.63, 3.8) is 0 Å². The normalized spacial score (nSPS) is 11.1. The van der Waals surface area contributed by atoms with Crippen molar-refractivity contribution in [3.05, 3.63) is 97.5 Å². The molecule has 0 saturated heterocycles. The summed E-state index contributed by atoms with van der Waals surface area (Å²) in [7, 11) is 0. The van der Waals surface area contributed by atoms with Crippen LogP contribution in [0.3, 0.4) is 0 Å². The van der Waals surface area contributed by atoms with E-state index in [1.807, 2.05) is 37.3 Å². The number of carbonyl (C=O) groups is 1. The Labute approximate surface area is 202 Å². The van der Waals surface area contributed by atoms with E-state index in [1.165, 1.54) is 6.08 Å². The molecule has 0 fully saturated rings. The summed E-state index contributed by atoms with van der Waals surface area (Å²) < 4.78 is 5.80. The molecule has 0 aliphatic carbocycles. The number of anilines is 1. The van der Waals surface area contributed by atoms with Gasteiger partial charge in [-0.3, -0.25) is 4.79 Å². The van der Waals surface area contributed by atoms with Crippen molar-refractivity contribution in [1.82, 2.24) is 0 Å². The largest absolute Gasteiger partial charge is 0.486 e. The van der Waals surface area contributed by atoms with Gasteiger partial charge in [-0.2, -0.15) is 5.26 Å². The zero-order chi connectivity index (χ0) is 23.3. The SMILES string of the molecule is Cc1cccc(COc2c(Cl)cc(/C=C(/C#N)C(=O)Nc3cccc(Cl)c3C)cc2Cl)c1. The first-order chi connectivity index (χ1) is 15.3. The van der Waals surface area contributed by atoms with Crippen LogP contribution in [0, 0.1) is 25.2 Å². The van der Waals surface area contributed by atoms with Crippen LogP contribution < -0.4 is 10.1 Å². The van der Waals surface area contributed by atoms with Gasteiger partial charge in [0.25, 0.3) is 5.91 Å². The lowest BCUT2D eigenvalue weighted by Crippen LogP contribution is -2.14. The summed E-state index contributed by atoms with van der Waals surface area (Å²) in [5.74, 6) is -0.227. The fraction of sp³-hybridized carbons (Fsp3) is 0.120. The Bertz CT molecular complexity index is 1220. The average Bonchev–Trinajstić information content (AvgIpc) is 2.74. The number of aryl methyl sites for hydroxylation is 1. The van der Waals surface area contributed by atoms with Crippen molar-refractivity contribution in [2.75, 3.05) is 5.32 Å². The number of nitrogens with one attached hydrogen (secondary N) is 1. The molecule has 0 atom stereocenters. The Morgan fingerprint density at radius 2 is 1.72 bits per heavy atom. The summed E-state index contributed by atoms with van der Waals surface area (Å²) in [5.41, 5.74) is 3.74. The van der Waals surface area contributed by atoms with E-state index in [0.29, 0.717) is 34.2 Å². The lowest BCUT2D eigenvalue weighted by atomic mass is 10.1. The molecule has 0 spiro atoms. The number of ether oxygens (including phenoxy) is 1. The number of nitriles is 1. The molecule has 1 N–H and O–H groups in total. The predicted octanol–water partition coefficient (Wildman–Crippen LogP) is 7.39. The second kappa shape index (κ2) is 10.6. The molecule has 4 nitrogen and oxygen atoms in total. The van der Waals surface area contributed by atoms with E-state index >= 15 is 0 Å². The molecule has 0 saturated carbocycles. The molecule has 0 radical (unpaired) electrons. The maximum atomic E-state index is 12.6. The van der Waals surface area contributed by atoms with Gasteiger partial charge in [0.2, 0.25) is 0 Å². The fourth-order valence-electron chi connectivity index (χ4n) is 3.01. The first kappa shape index (κ1) is 23.7. The topological polar surface area (TPSA) is 62.1 Å². The first-order valence-electron chi connectivity index (χ1n) is 9.64. The highest BCUT2D eigenvalue weighted by Crippen LogP contribution is 2.35. The van der Waals surface area contributed by atoms with Crippen molar-refractivity contribution < 1.29 is 9.53 Å². The molecule has 0 aromatic heterocycles. The first-order valence-corrected chi connectivity index (χ1v) is 10.8. The van der Waals surface area contributed by atoms with Crippen LogP contribution in [0.25, 0.3) is 6.08 Å². The summed E-state index contributed by atoms with van der Waals surface area (Å²) in [6.45, 7) is 4.09. The van der Waals surface area contributed by atoms with Gasteiger partial charge in [0.1, 0.15) is 18.2 Å². The Morgan fingerprint density at radius 3 is 2.38 bits per heavy atom. The number of hydrogen-bond donors (Lipinski definition) is 1. The number of amides is 1.